The zero-order chi connectivity index (χ0) is 29.9. The predicted octanol–water partition coefficient (Wildman–Crippen LogP) is 4.05. The number of ether oxygens (including phenoxy) is 2. The molecule has 1 aliphatic carbocycles. The molecule has 1 amide bonds. The van der Waals surface area contributed by atoms with E-state index in [-0.39, 0.29) is 23.6 Å². The lowest BCUT2D eigenvalue weighted by Crippen LogP contribution is -2.30. The van der Waals surface area contributed by atoms with Crippen LogP contribution < -0.4 is 15.0 Å². The third-order valence-electron chi connectivity index (χ3n) is 7.66. The molecule has 3 atom stereocenters. The first-order chi connectivity index (χ1) is 20.7. The average Bonchev–Trinajstić information content (AvgIpc) is 3.76. The lowest BCUT2D eigenvalue weighted by molar-refractivity contribution is 0.0938. The second-order valence-electron chi connectivity index (χ2n) is 10.5. The fraction of sp³-hybridized carbons (Fsp3) is 0.310. The molecule has 0 radical (unpaired) electrons. The first kappa shape index (κ1) is 27.5. The highest BCUT2D eigenvalue weighted by Gasteiger charge is 2.41. The van der Waals surface area contributed by atoms with Gasteiger partial charge in [0, 0.05) is 34.3 Å². The van der Waals surface area contributed by atoms with Crippen molar-refractivity contribution in [3.05, 3.63) is 77.0 Å². The van der Waals surface area contributed by atoms with Crippen molar-refractivity contribution in [2.75, 3.05) is 24.7 Å². The van der Waals surface area contributed by atoms with Gasteiger partial charge in [-0.05, 0) is 48.9 Å². The largest absolute Gasteiger partial charge is 0.488 e. The number of sulfone groups is 1. The first-order valence-corrected chi connectivity index (χ1v) is 15.1. The van der Waals surface area contributed by atoms with E-state index >= 15 is 0 Å². The summed E-state index contributed by atoms with van der Waals surface area (Å²) in [6.07, 6.45) is 1.18. The number of hydrogen-bond acceptors (Lipinski definition) is 9. The monoisotopic (exact) mass is 611 g/mol. The summed E-state index contributed by atoms with van der Waals surface area (Å²) >= 11 is 0. The number of anilines is 2. The summed E-state index contributed by atoms with van der Waals surface area (Å²) in [6, 6.07) is 10.8. The number of halogens is 3. The normalized spacial score (nSPS) is 22.2. The maximum Gasteiger partial charge on any atom is 0.251 e. The number of alkyl halides is 2. The topological polar surface area (TPSA) is 124 Å². The lowest BCUT2D eigenvalue weighted by atomic mass is 10.1. The summed E-state index contributed by atoms with van der Waals surface area (Å²) in [5.41, 5.74) is -1.26. The quantitative estimate of drug-likeness (QED) is 0.356. The van der Waals surface area contributed by atoms with Crippen LogP contribution in [-0.4, -0.2) is 60.7 Å². The van der Waals surface area contributed by atoms with Crippen molar-refractivity contribution in [2.45, 2.75) is 42.1 Å². The van der Waals surface area contributed by atoms with E-state index in [1.807, 2.05) is 17.0 Å². The van der Waals surface area contributed by atoms with Crippen LogP contribution in [0.15, 0.2) is 53.6 Å². The molecule has 3 aliphatic rings. The number of fused-ring (bicyclic) bond motifs is 3. The smallest absolute Gasteiger partial charge is 0.251 e. The number of rotatable bonds is 5. The minimum atomic E-state index is -4.53. The Morgan fingerprint density at radius 2 is 1.95 bits per heavy atom. The van der Waals surface area contributed by atoms with E-state index < -0.39 is 51.3 Å². The van der Waals surface area contributed by atoms with Crippen molar-refractivity contribution in [1.29, 1.82) is 0 Å². The molecule has 1 fully saturated rings. The molecule has 14 heteroatoms. The molecule has 4 aromatic rings. The molecule has 5 heterocycles. The summed E-state index contributed by atoms with van der Waals surface area (Å²) in [4.78, 5) is 28.0. The molecule has 1 aromatic carbocycles. The van der Waals surface area contributed by atoms with Crippen molar-refractivity contribution in [1.82, 2.24) is 20.3 Å². The summed E-state index contributed by atoms with van der Waals surface area (Å²) in [7, 11) is -4.53. The molecule has 43 heavy (non-hydrogen) atoms. The standard InChI is InChI=1S/C29H24F3N5O5S/c30-20-7-16(8-25-19(20)13-41-14-26(32)43(25,39)40)29(38)34-12-17-9-23-15(11-33-17)1-4-27(35-23)37-5-6-42-24-3-2-22(36-28(24)37)18-10-21(18)31/h1-4,7-9,11,18,21,26H,5-6,10,12-14H2,(H,34,38)/t18-,21+,26+/m0/s1. The van der Waals surface area contributed by atoms with E-state index in [1.165, 1.54) is 0 Å². The maximum absolute atomic E-state index is 14.7. The second-order valence-corrected chi connectivity index (χ2v) is 12.6. The van der Waals surface area contributed by atoms with Crippen molar-refractivity contribution < 1.29 is 35.9 Å². The number of aromatic nitrogens is 3. The highest BCUT2D eigenvalue weighted by molar-refractivity contribution is 7.92. The molecule has 3 aromatic heterocycles. The summed E-state index contributed by atoms with van der Waals surface area (Å²) in [5.74, 6) is -0.191. The molecule has 2 aliphatic heterocycles. The van der Waals surface area contributed by atoms with Gasteiger partial charge in [-0.1, -0.05) is 0 Å². The van der Waals surface area contributed by atoms with E-state index in [4.69, 9.17) is 14.5 Å². The van der Waals surface area contributed by atoms with Crippen LogP contribution in [0.5, 0.6) is 5.75 Å². The minimum Gasteiger partial charge on any atom is -0.488 e. The summed E-state index contributed by atoms with van der Waals surface area (Å²) in [6.45, 7) is -0.318. The summed E-state index contributed by atoms with van der Waals surface area (Å²) < 4.78 is 78.4. The Hall–Kier alpha value is -4.30. The summed E-state index contributed by atoms with van der Waals surface area (Å²) in [5, 5.41) is 3.35. The number of carbonyl (C=O) groups is 1. The number of nitrogens with zero attached hydrogens (tertiary/aromatic N) is 4. The van der Waals surface area contributed by atoms with E-state index in [2.05, 4.69) is 15.3 Å². The van der Waals surface area contributed by atoms with Crippen LogP contribution in [0.3, 0.4) is 0 Å². The van der Waals surface area contributed by atoms with Crippen molar-refractivity contribution in [3.63, 3.8) is 0 Å². The van der Waals surface area contributed by atoms with Crippen molar-refractivity contribution >= 4 is 38.3 Å². The number of pyridine rings is 3. The Balaban J connectivity index is 1.12. The predicted molar refractivity (Wildman–Crippen MR) is 148 cm³/mol. The molecule has 222 valence electrons. The van der Waals surface area contributed by atoms with Gasteiger partial charge < -0.3 is 19.7 Å². The first-order valence-electron chi connectivity index (χ1n) is 13.6. The van der Waals surface area contributed by atoms with Crippen molar-refractivity contribution in [3.8, 4) is 5.75 Å². The molecule has 0 unspecified atom stereocenters. The molecule has 0 bridgehead atoms. The molecule has 7 rings (SSSR count). The Labute approximate surface area is 243 Å². The van der Waals surface area contributed by atoms with Gasteiger partial charge in [0.15, 0.2) is 11.6 Å². The van der Waals surface area contributed by atoms with Gasteiger partial charge in [-0.25, -0.2) is 31.6 Å². The number of amides is 1. The fourth-order valence-electron chi connectivity index (χ4n) is 5.19. The zero-order valence-corrected chi connectivity index (χ0v) is 23.3. The van der Waals surface area contributed by atoms with Gasteiger partial charge in [0.1, 0.15) is 24.4 Å². The number of hydrogen-bond donors (Lipinski definition) is 1. The molecule has 10 nitrogen and oxygen atoms in total. The Kier molecular flexibility index (Phi) is 6.69. The second kappa shape index (κ2) is 10.5. The Morgan fingerprint density at radius 3 is 2.77 bits per heavy atom. The van der Waals surface area contributed by atoms with Crippen molar-refractivity contribution in [2.24, 2.45) is 0 Å². The highest BCUT2D eigenvalue weighted by Crippen LogP contribution is 2.45. The zero-order valence-electron chi connectivity index (χ0n) is 22.5. The van der Waals surface area contributed by atoms with Gasteiger partial charge >= 0.3 is 0 Å². The van der Waals surface area contributed by atoms with Crippen LogP contribution in [0.4, 0.5) is 24.8 Å². The van der Waals surface area contributed by atoms with E-state index in [9.17, 15) is 26.4 Å². The van der Waals surface area contributed by atoms with Crippen LogP contribution in [0.1, 0.15) is 39.6 Å². The van der Waals surface area contributed by atoms with Crippen LogP contribution in [0.25, 0.3) is 10.9 Å². The van der Waals surface area contributed by atoms with E-state index in [0.29, 0.717) is 53.9 Å². The SMILES string of the molecule is O=C(NCc1cc2nc(N3CCOc4ccc([C@H]5C[C@H]5F)nc43)ccc2cn1)c1cc(F)c2c(c1)S(=O)(=O)[C@@H](F)COC2. The minimum absolute atomic E-state index is 0.0714. The van der Waals surface area contributed by atoms with Gasteiger partial charge in [-0.3, -0.25) is 9.78 Å². The van der Waals surface area contributed by atoms with Gasteiger partial charge in [0.05, 0.1) is 42.4 Å². The van der Waals surface area contributed by atoms with Gasteiger partial charge in [-0.2, -0.15) is 0 Å². The molecule has 0 spiro atoms. The number of benzene rings is 1. The number of nitrogens with one attached hydrogen (secondary N) is 1. The van der Waals surface area contributed by atoms with E-state index in [1.54, 1.807) is 24.4 Å². The van der Waals surface area contributed by atoms with Gasteiger partial charge in [-0.15, -0.1) is 0 Å². The molecular weight excluding hydrogens is 587 g/mol. The van der Waals surface area contributed by atoms with E-state index in [0.717, 1.165) is 17.5 Å². The average molecular weight is 612 g/mol. The Morgan fingerprint density at radius 1 is 1.12 bits per heavy atom. The molecular formula is C29H24F3N5O5S. The maximum atomic E-state index is 14.7. The fourth-order valence-corrected chi connectivity index (χ4v) is 6.54. The molecule has 1 saturated carbocycles. The molecule has 1 N–H and O–H groups in total. The molecule has 0 saturated heterocycles. The van der Waals surface area contributed by atoms with Crippen LogP contribution in [0.2, 0.25) is 0 Å². The highest BCUT2D eigenvalue weighted by atomic mass is 32.2. The van der Waals surface area contributed by atoms with Gasteiger partial charge in [0.2, 0.25) is 15.3 Å². The lowest BCUT2D eigenvalue weighted by Gasteiger charge is -2.29. The third kappa shape index (κ3) is 5.03. The Bertz CT molecular complexity index is 1890. The number of carbonyl (C=O) groups excluding carboxylic acids is 1. The van der Waals surface area contributed by atoms with Crippen LogP contribution in [-0.2, 0) is 27.7 Å². The van der Waals surface area contributed by atoms with Gasteiger partial charge in [0.25, 0.3) is 5.91 Å². The van der Waals surface area contributed by atoms with Crippen LogP contribution in [0, 0.1) is 5.82 Å². The third-order valence-corrected chi connectivity index (χ3v) is 9.45. The van der Waals surface area contributed by atoms with Crippen LogP contribution >= 0.6 is 0 Å².